The maximum atomic E-state index is 11.9. The van der Waals surface area contributed by atoms with E-state index >= 15 is 0 Å². The van der Waals surface area contributed by atoms with Gasteiger partial charge in [-0.3, -0.25) is 9.69 Å². The second-order valence-corrected chi connectivity index (χ2v) is 7.18. The van der Waals surface area contributed by atoms with Crippen LogP contribution in [0.3, 0.4) is 0 Å². The maximum absolute atomic E-state index is 11.9. The Labute approximate surface area is 143 Å². The van der Waals surface area contributed by atoms with Gasteiger partial charge in [-0.05, 0) is 17.7 Å². The Kier molecular flexibility index (Phi) is 8.95. The van der Waals surface area contributed by atoms with Gasteiger partial charge in [-0.1, -0.05) is 12.1 Å². The van der Waals surface area contributed by atoms with Gasteiger partial charge in [0.15, 0.2) is 9.84 Å². The molecule has 0 aliphatic carbocycles. The average Bonchev–Trinajstić information content (AvgIpc) is 2.42. The average molecular weight is 370 g/mol. The fourth-order valence-corrected chi connectivity index (χ4v) is 3.31. The molecule has 0 saturated carbocycles. The lowest BCUT2D eigenvalue weighted by Gasteiger charge is -2.25. The van der Waals surface area contributed by atoms with E-state index in [1.807, 2.05) is 17.0 Å². The Hall–Kier alpha value is -0.860. The van der Waals surface area contributed by atoms with Crippen molar-refractivity contribution in [3.05, 3.63) is 29.8 Å². The molecule has 1 aromatic rings. The van der Waals surface area contributed by atoms with Crippen LogP contribution in [0, 0.1) is 0 Å². The minimum Gasteiger partial charge on any atom is -0.326 e. The molecule has 2 rings (SSSR count). The summed E-state index contributed by atoms with van der Waals surface area (Å²) < 4.78 is 22.6. The van der Waals surface area contributed by atoms with Gasteiger partial charge in [-0.25, -0.2) is 8.42 Å². The molecule has 126 valence electrons. The fourth-order valence-electron chi connectivity index (χ4n) is 2.04. The van der Waals surface area contributed by atoms with Crippen molar-refractivity contribution in [2.45, 2.75) is 6.54 Å². The molecule has 1 aliphatic rings. The van der Waals surface area contributed by atoms with E-state index in [0.29, 0.717) is 19.6 Å². The number of nitrogens with one attached hydrogen (secondary N) is 1. The number of nitrogens with two attached hydrogens (primary N) is 1. The summed E-state index contributed by atoms with van der Waals surface area (Å²) in [6, 6.07) is 7.34. The van der Waals surface area contributed by atoms with Crippen LogP contribution >= 0.6 is 24.8 Å². The first-order valence-electron chi connectivity index (χ1n) is 6.50. The number of anilines is 1. The Morgan fingerprint density at radius 3 is 2.18 bits per heavy atom. The summed E-state index contributed by atoms with van der Waals surface area (Å²) in [5.74, 6) is 0.126. The zero-order chi connectivity index (χ0) is 14.6. The summed E-state index contributed by atoms with van der Waals surface area (Å²) in [5, 5.41) is 2.79. The number of nitrogens with zero attached hydrogens (tertiary/aromatic N) is 1. The van der Waals surface area contributed by atoms with Crippen LogP contribution in [0.5, 0.6) is 0 Å². The molecule has 0 bridgehead atoms. The standard InChI is InChI=1S/C13H19N3O3S.2ClH/c14-9-11-1-3-12(4-2-11)15-13(17)10-16-5-7-20(18,19)8-6-16;;/h1-4H,5-10,14H2,(H,15,17);2*1H. The summed E-state index contributed by atoms with van der Waals surface area (Å²) in [5.41, 5.74) is 7.23. The second kappa shape index (κ2) is 9.32. The zero-order valence-corrected chi connectivity index (χ0v) is 14.5. The molecule has 0 radical (unpaired) electrons. The van der Waals surface area contributed by atoms with Crippen LogP contribution in [0.25, 0.3) is 0 Å². The third kappa shape index (κ3) is 6.50. The second-order valence-electron chi connectivity index (χ2n) is 4.88. The first-order chi connectivity index (χ1) is 9.48. The lowest BCUT2D eigenvalue weighted by molar-refractivity contribution is -0.117. The van der Waals surface area contributed by atoms with Gasteiger partial charge in [0.2, 0.25) is 5.91 Å². The third-order valence-electron chi connectivity index (χ3n) is 3.28. The number of rotatable bonds is 4. The number of carbonyl (C=O) groups is 1. The van der Waals surface area contributed by atoms with Crippen molar-refractivity contribution in [1.82, 2.24) is 4.90 Å². The lowest BCUT2D eigenvalue weighted by Crippen LogP contribution is -2.43. The smallest absolute Gasteiger partial charge is 0.238 e. The van der Waals surface area contributed by atoms with E-state index < -0.39 is 9.84 Å². The fraction of sp³-hybridized carbons (Fsp3) is 0.462. The SMILES string of the molecule is Cl.Cl.NCc1ccc(NC(=O)CN2CCS(=O)(=O)CC2)cc1. The van der Waals surface area contributed by atoms with E-state index in [-0.39, 0.29) is 48.8 Å². The number of hydrogen-bond donors (Lipinski definition) is 2. The number of amides is 1. The van der Waals surface area contributed by atoms with Gasteiger partial charge < -0.3 is 11.1 Å². The van der Waals surface area contributed by atoms with Crippen molar-refractivity contribution in [2.75, 3.05) is 36.5 Å². The normalized spacial score (nSPS) is 17.0. The van der Waals surface area contributed by atoms with Gasteiger partial charge >= 0.3 is 0 Å². The molecule has 1 amide bonds. The summed E-state index contributed by atoms with van der Waals surface area (Å²) in [4.78, 5) is 13.7. The summed E-state index contributed by atoms with van der Waals surface area (Å²) in [7, 11) is -2.90. The summed E-state index contributed by atoms with van der Waals surface area (Å²) >= 11 is 0. The number of hydrogen-bond acceptors (Lipinski definition) is 5. The largest absolute Gasteiger partial charge is 0.326 e. The first kappa shape index (κ1) is 21.1. The van der Waals surface area contributed by atoms with Crippen LogP contribution in [0.15, 0.2) is 24.3 Å². The van der Waals surface area contributed by atoms with Gasteiger partial charge in [0.1, 0.15) is 0 Å². The lowest BCUT2D eigenvalue weighted by atomic mass is 10.2. The van der Waals surface area contributed by atoms with Crippen LogP contribution in [0.1, 0.15) is 5.56 Å². The molecule has 9 heteroatoms. The van der Waals surface area contributed by atoms with E-state index in [4.69, 9.17) is 5.73 Å². The third-order valence-corrected chi connectivity index (χ3v) is 4.89. The predicted octanol–water partition coefficient (Wildman–Crippen LogP) is 0.658. The van der Waals surface area contributed by atoms with Crippen LogP contribution < -0.4 is 11.1 Å². The van der Waals surface area contributed by atoms with E-state index in [9.17, 15) is 13.2 Å². The van der Waals surface area contributed by atoms with Crippen LogP contribution in [0.2, 0.25) is 0 Å². The number of halogens is 2. The van der Waals surface area contributed by atoms with Crippen molar-refractivity contribution in [3.63, 3.8) is 0 Å². The quantitative estimate of drug-likeness (QED) is 0.812. The molecule has 1 aliphatic heterocycles. The highest BCUT2D eigenvalue weighted by atomic mass is 35.5. The Balaban J connectivity index is 0.00000220. The minimum atomic E-state index is -2.90. The Bertz CT molecular complexity index is 565. The molecule has 3 N–H and O–H groups in total. The number of benzene rings is 1. The van der Waals surface area contributed by atoms with Crippen molar-refractivity contribution in [1.29, 1.82) is 0 Å². The van der Waals surface area contributed by atoms with Gasteiger partial charge in [0.05, 0.1) is 18.1 Å². The molecule has 0 atom stereocenters. The van der Waals surface area contributed by atoms with E-state index in [0.717, 1.165) is 11.3 Å². The van der Waals surface area contributed by atoms with Crippen molar-refractivity contribution < 1.29 is 13.2 Å². The predicted molar refractivity (Wildman–Crippen MR) is 92.6 cm³/mol. The molecule has 0 spiro atoms. The molecule has 6 nitrogen and oxygen atoms in total. The molecule has 1 heterocycles. The van der Waals surface area contributed by atoms with Crippen LogP contribution in [0.4, 0.5) is 5.69 Å². The topological polar surface area (TPSA) is 92.5 Å². The van der Waals surface area contributed by atoms with Gasteiger partial charge in [0, 0.05) is 25.3 Å². The highest BCUT2D eigenvalue weighted by molar-refractivity contribution is 7.91. The van der Waals surface area contributed by atoms with Crippen LogP contribution in [-0.2, 0) is 21.2 Å². The molecular weight excluding hydrogens is 349 g/mol. The molecule has 22 heavy (non-hydrogen) atoms. The van der Waals surface area contributed by atoms with Crippen molar-refractivity contribution in [2.24, 2.45) is 5.73 Å². The van der Waals surface area contributed by atoms with Gasteiger partial charge in [-0.15, -0.1) is 24.8 Å². The highest BCUT2D eigenvalue weighted by Gasteiger charge is 2.22. The highest BCUT2D eigenvalue weighted by Crippen LogP contribution is 2.09. The summed E-state index contributed by atoms with van der Waals surface area (Å²) in [6.07, 6.45) is 0. The zero-order valence-electron chi connectivity index (χ0n) is 12.0. The number of sulfone groups is 1. The van der Waals surface area contributed by atoms with Crippen molar-refractivity contribution >= 4 is 46.2 Å². The van der Waals surface area contributed by atoms with E-state index in [1.165, 1.54) is 0 Å². The monoisotopic (exact) mass is 369 g/mol. The molecule has 0 aromatic heterocycles. The van der Waals surface area contributed by atoms with E-state index in [1.54, 1.807) is 12.1 Å². The Morgan fingerprint density at radius 1 is 1.14 bits per heavy atom. The molecule has 1 fully saturated rings. The van der Waals surface area contributed by atoms with Gasteiger partial charge in [-0.2, -0.15) is 0 Å². The van der Waals surface area contributed by atoms with Crippen molar-refractivity contribution in [3.8, 4) is 0 Å². The maximum Gasteiger partial charge on any atom is 0.238 e. The number of carbonyl (C=O) groups excluding carboxylic acids is 1. The molecular formula is C13H21Cl2N3O3S. The molecule has 0 unspecified atom stereocenters. The minimum absolute atomic E-state index is 0. The van der Waals surface area contributed by atoms with E-state index in [2.05, 4.69) is 5.32 Å². The molecule has 1 aromatic carbocycles. The molecule has 1 saturated heterocycles. The first-order valence-corrected chi connectivity index (χ1v) is 8.32. The van der Waals surface area contributed by atoms with Gasteiger partial charge in [0.25, 0.3) is 0 Å². The Morgan fingerprint density at radius 2 is 1.68 bits per heavy atom. The van der Waals surface area contributed by atoms with Crippen LogP contribution in [-0.4, -0.2) is 50.4 Å². The summed E-state index contributed by atoms with van der Waals surface area (Å²) in [6.45, 7) is 1.52.